The van der Waals surface area contributed by atoms with Gasteiger partial charge in [0.25, 0.3) is 5.91 Å². The van der Waals surface area contributed by atoms with Crippen molar-refractivity contribution in [3.63, 3.8) is 0 Å². The van der Waals surface area contributed by atoms with Crippen LogP contribution in [0.1, 0.15) is 16.1 Å². The highest BCUT2D eigenvalue weighted by Crippen LogP contribution is 2.17. The Kier molecular flexibility index (Phi) is 4.83. The van der Waals surface area contributed by atoms with E-state index in [2.05, 4.69) is 35.7 Å². The lowest BCUT2D eigenvalue weighted by Crippen LogP contribution is -2.49. The van der Waals surface area contributed by atoms with Gasteiger partial charge in [-0.25, -0.2) is 4.98 Å². The molecular formula is C18H21N9O. The number of hydrogen-bond acceptors (Lipinski definition) is 8. The van der Waals surface area contributed by atoms with Crippen molar-refractivity contribution in [3.05, 3.63) is 47.9 Å². The fourth-order valence-electron chi connectivity index (χ4n) is 3.04. The number of carbonyl (C=O) groups is 1. The van der Waals surface area contributed by atoms with E-state index < -0.39 is 0 Å². The molecule has 0 aromatic carbocycles. The highest BCUT2D eigenvalue weighted by Gasteiger charge is 2.24. The molecule has 10 nitrogen and oxygen atoms in total. The van der Waals surface area contributed by atoms with E-state index in [1.165, 1.54) is 4.68 Å². The fourth-order valence-corrected chi connectivity index (χ4v) is 3.04. The maximum Gasteiger partial charge on any atom is 0.276 e. The lowest BCUT2D eigenvalue weighted by atomic mass is 10.2. The zero-order chi connectivity index (χ0) is 19.5. The summed E-state index contributed by atoms with van der Waals surface area (Å²) in [5.74, 6) is 2.06. The summed E-state index contributed by atoms with van der Waals surface area (Å²) >= 11 is 0. The summed E-state index contributed by atoms with van der Waals surface area (Å²) in [4.78, 5) is 20.6. The molecule has 0 bridgehead atoms. The molecule has 0 atom stereocenters. The molecule has 28 heavy (non-hydrogen) atoms. The monoisotopic (exact) mass is 379 g/mol. The van der Waals surface area contributed by atoms with E-state index >= 15 is 0 Å². The third-order valence-electron chi connectivity index (χ3n) is 4.53. The first-order chi connectivity index (χ1) is 13.6. The average Bonchev–Trinajstić information content (AvgIpc) is 3.15. The number of hydrogen-bond donors (Lipinski definition) is 1. The van der Waals surface area contributed by atoms with Gasteiger partial charge < -0.3 is 15.1 Å². The molecule has 1 saturated heterocycles. The Labute approximate surface area is 162 Å². The van der Waals surface area contributed by atoms with E-state index in [1.807, 2.05) is 31.2 Å². The van der Waals surface area contributed by atoms with Gasteiger partial charge in [0, 0.05) is 39.4 Å². The molecule has 1 amide bonds. The number of pyridine rings is 1. The van der Waals surface area contributed by atoms with Crippen LogP contribution in [0.3, 0.4) is 0 Å². The van der Waals surface area contributed by atoms with Gasteiger partial charge in [-0.3, -0.25) is 9.48 Å². The molecule has 0 saturated carbocycles. The normalized spacial score (nSPS) is 14.2. The number of nitrogens with one attached hydrogen (secondary N) is 1. The maximum atomic E-state index is 12.4. The highest BCUT2D eigenvalue weighted by molar-refractivity contribution is 5.92. The van der Waals surface area contributed by atoms with Crippen molar-refractivity contribution in [1.29, 1.82) is 0 Å². The summed E-state index contributed by atoms with van der Waals surface area (Å²) in [6.45, 7) is 4.59. The number of piperazine rings is 1. The molecule has 0 radical (unpaired) electrons. The SMILES string of the molecule is Cc1ccnc(Nc2ccc(N3CCN(C(=O)c4cn(C)nn4)CC3)nn2)c1. The second-order valence-corrected chi connectivity index (χ2v) is 6.68. The number of anilines is 3. The molecule has 10 heteroatoms. The Balaban J connectivity index is 1.35. The smallest absolute Gasteiger partial charge is 0.276 e. The van der Waals surface area contributed by atoms with Crippen molar-refractivity contribution in [2.75, 3.05) is 36.4 Å². The van der Waals surface area contributed by atoms with Crippen molar-refractivity contribution in [2.24, 2.45) is 7.05 Å². The van der Waals surface area contributed by atoms with Gasteiger partial charge in [-0.05, 0) is 36.8 Å². The molecular weight excluding hydrogens is 358 g/mol. The lowest BCUT2D eigenvalue weighted by Gasteiger charge is -2.34. The minimum atomic E-state index is -0.0935. The van der Waals surface area contributed by atoms with Gasteiger partial charge in [0.1, 0.15) is 5.82 Å². The summed E-state index contributed by atoms with van der Waals surface area (Å²) < 4.78 is 1.53. The van der Waals surface area contributed by atoms with Crippen LogP contribution in [-0.2, 0) is 7.05 Å². The summed E-state index contributed by atoms with van der Waals surface area (Å²) in [5, 5.41) is 19.4. The molecule has 1 aliphatic heterocycles. The van der Waals surface area contributed by atoms with Crippen LogP contribution in [0.5, 0.6) is 0 Å². The van der Waals surface area contributed by atoms with Crippen LogP contribution >= 0.6 is 0 Å². The Hall–Kier alpha value is -3.56. The van der Waals surface area contributed by atoms with Crippen molar-refractivity contribution in [1.82, 2.24) is 35.1 Å². The number of carbonyl (C=O) groups excluding carboxylic acids is 1. The molecule has 1 aliphatic rings. The first-order valence-corrected chi connectivity index (χ1v) is 9.02. The average molecular weight is 379 g/mol. The van der Waals surface area contributed by atoms with Crippen molar-refractivity contribution in [3.8, 4) is 0 Å². The third kappa shape index (κ3) is 3.90. The standard InChI is InChI=1S/C18H21N9O/c1-13-5-6-19-16(11-13)20-15-3-4-17(23-22-15)26-7-9-27(10-8-26)18(28)14-12-25(2)24-21-14/h3-6,11-12H,7-10H2,1-2H3,(H,19,20,22). The number of aryl methyl sites for hydroxylation is 2. The second-order valence-electron chi connectivity index (χ2n) is 6.68. The zero-order valence-corrected chi connectivity index (χ0v) is 15.8. The van der Waals surface area contributed by atoms with Crippen molar-refractivity contribution >= 4 is 23.4 Å². The van der Waals surface area contributed by atoms with Crippen LogP contribution in [-0.4, -0.2) is 67.2 Å². The molecule has 4 rings (SSSR count). The van der Waals surface area contributed by atoms with Gasteiger partial charge in [-0.2, -0.15) is 0 Å². The van der Waals surface area contributed by atoms with Gasteiger partial charge in [0.15, 0.2) is 17.3 Å². The topological polar surface area (TPSA) is 105 Å². The Morgan fingerprint density at radius 2 is 1.86 bits per heavy atom. The molecule has 0 spiro atoms. The van der Waals surface area contributed by atoms with E-state index in [-0.39, 0.29) is 5.91 Å². The first-order valence-electron chi connectivity index (χ1n) is 9.02. The molecule has 144 valence electrons. The van der Waals surface area contributed by atoms with Crippen molar-refractivity contribution in [2.45, 2.75) is 6.92 Å². The quantitative estimate of drug-likeness (QED) is 0.716. The van der Waals surface area contributed by atoms with Crippen LogP contribution in [0.15, 0.2) is 36.7 Å². The molecule has 1 fully saturated rings. The predicted molar refractivity (Wildman–Crippen MR) is 103 cm³/mol. The van der Waals surface area contributed by atoms with E-state index in [1.54, 1.807) is 24.3 Å². The number of aromatic nitrogens is 6. The molecule has 3 aromatic rings. The minimum Gasteiger partial charge on any atom is -0.352 e. The summed E-state index contributed by atoms with van der Waals surface area (Å²) in [6.07, 6.45) is 3.39. The summed E-state index contributed by atoms with van der Waals surface area (Å²) in [6, 6.07) is 7.69. The maximum absolute atomic E-state index is 12.4. The van der Waals surface area contributed by atoms with Gasteiger partial charge in [0.2, 0.25) is 0 Å². The first kappa shape index (κ1) is 17.8. The predicted octanol–water partition coefficient (Wildman–Crippen LogP) is 1.01. The van der Waals surface area contributed by atoms with Crippen LogP contribution in [0, 0.1) is 6.92 Å². The van der Waals surface area contributed by atoms with E-state index in [4.69, 9.17) is 0 Å². The van der Waals surface area contributed by atoms with Gasteiger partial charge in [0.05, 0.1) is 6.20 Å². The number of amides is 1. The Bertz CT molecular complexity index is 961. The van der Waals surface area contributed by atoms with E-state index in [0.29, 0.717) is 37.7 Å². The van der Waals surface area contributed by atoms with Crippen LogP contribution in [0.25, 0.3) is 0 Å². The van der Waals surface area contributed by atoms with Crippen LogP contribution in [0.2, 0.25) is 0 Å². The van der Waals surface area contributed by atoms with E-state index in [9.17, 15) is 4.79 Å². The Morgan fingerprint density at radius 3 is 2.50 bits per heavy atom. The minimum absolute atomic E-state index is 0.0935. The lowest BCUT2D eigenvalue weighted by molar-refractivity contribution is 0.0740. The van der Waals surface area contributed by atoms with Gasteiger partial charge in [-0.15, -0.1) is 15.3 Å². The van der Waals surface area contributed by atoms with Crippen LogP contribution in [0.4, 0.5) is 17.5 Å². The van der Waals surface area contributed by atoms with Crippen molar-refractivity contribution < 1.29 is 4.79 Å². The van der Waals surface area contributed by atoms with Gasteiger partial charge >= 0.3 is 0 Å². The molecule has 0 unspecified atom stereocenters. The largest absolute Gasteiger partial charge is 0.352 e. The zero-order valence-electron chi connectivity index (χ0n) is 15.8. The molecule has 4 heterocycles. The molecule has 3 aromatic heterocycles. The summed E-state index contributed by atoms with van der Waals surface area (Å²) in [7, 11) is 1.74. The Morgan fingerprint density at radius 1 is 1.04 bits per heavy atom. The molecule has 0 aliphatic carbocycles. The number of rotatable bonds is 4. The third-order valence-corrected chi connectivity index (χ3v) is 4.53. The molecule has 1 N–H and O–H groups in total. The van der Waals surface area contributed by atoms with E-state index in [0.717, 1.165) is 17.2 Å². The highest BCUT2D eigenvalue weighted by atomic mass is 16.2. The van der Waals surface area contributed by atoms with Crippen LogP contribution < -0.4 is 10.2 Å². The fraction of sp³-hybridized carbons (Fsp3) is 0.333. The summed E-state index contributed by atoms with van der Waals surface area (Å²) in [5.41, 5.74) is 1.49. The number of nitrogens with zero attached hydrogens (tertiary/aromatic N) is 8. The van der Waals surface area contributed by atoms with Gasteiger partial charge in [-0.1, -0.05) is 5.21 Å². The second kappa shape index (κ2) is 7.59.